The van der Waals surface area contributed by atoms with Gasteiger partial charge in [0.2, 0.25) is 0 Å². The zero-order valence-corrected chi connectivity index (χ0v) is 23.6. The molecule has 16 heteroatoms. The molecule has 0 amide bonds. The smallest absolute Gasteiger partial charge is 0.459 e. The molecule has 1 aliphatic heterocycles. The van der Waals surface area contributed by atoms with Gasteiger partial charge in [0, 0.05) is 12.3 Å². The van der Waals surface area contributed by atoms with Crippen LogP contribution in [0.4, 0.5) is 8.78 Å². The summed E-state index contributed by atoms with van der Waals surface area (Å²) in [5, 5.41) is 25.1. The number of aromatic nitrogens is 2. The highest BCUT2D eigenvalue weighted by atomic mass is 31.2. The molecule has 3 aromatic rings. The molecule has 1 aliphatic rings. The fourth-order valence-corrected chi connectivity index (χ4v) is 5.81. The van der Waals surface area contributed by atoms with Crippen LogP contribution in [0.2, 0.25) is 0 Å². The van der Waals surface area contributed by atoms with Crippen molar-refractivity contribution in [3.05, 3.63) is 75.6 Å². The highest BCUT2D eigenvalue weighted by Gasteiger charge is 2.61. The van der Waals surface area contributed by atoms with Gasteiger partial charge in [-0.3, -0.25) is 23.7 Å². The van der Waals surface area contributed by atoms with Crippen LogP contribution in [-0.2, 0) is 23.4 Å². The average molecular weight is 614 g/mol. The van der Waals surface area contributed by atoms with Gasteiger partial charge in [0.25, 0.3) is 12.0 Å². The molecule has 2 heterocycles. The van der Waals surface area contributed by atoms with Crippen LogP contribution >= 0.6 is 7.75 Å². The van der Waals surface area contributed by atoms with E-state index in [-0.39, 0.29) is 5.75 Å². The van der Waals surface area contributed by atoms with Crippen molar-refractivity contribution in [1.29, 1.82) is 0 Å². The molecule has 13 nitrogen and oxygen atoms in total. The second kappa shape index (κ2) is 12.4. The summed E-state index contributed by atoms with van der Waals surface area (Å²) in [5.74, 6) is -0.852. The third-order valence-corrected chi connectivity index (χ3v) is 8.04. The number of rotatable bonds is 11. The van der Waals surface area contributed by atoms with Crippen molar-refractivity contribution >= 4 is 24.5 Å². The maximum absolute atomic E-state index is 14.5. The number of aliphatic hydroxyl groups excluding tert-OH is 2. The van der Waals surface area contributed by atoms with Crippen molar-refractivity contribution < 1.29 is 46.9 Å². The quantitative estimate of drug-likeness (QED) is 0.184. The number of H-pyrrole nitrogens is 1. The molecule has 1 saturated heterocycles. The number of carbonyl (C=O) groups is 1. The normalized spacial score (nSPS) is 24.5. The van der Waals surface area contributed by atoms with E-state index in [1.54, 1.807) is 38.1 Å². The number of hydrogen-bond acceptors (Lipinski definition) is 10. The number of ether oxygens (including phenoxy) is 2. The second-order valence-electron chi connectivity index (χ2n) is 9.92. The lowest BCUT2D eigenvalue weighted by Crippen LogP contribution is -2.53. The zero-order chi connectivity index (χ0) is 30.8. The number of esters is 1. The average Bonchev–Trinajstić information content (AvgIpc) is 3.17. The Kier molecular flexibility index (Phi) is 9.30. The van der Waals surface area contributed by atoms with Crippen molar-refractivity contribution in [3.8, 4) is 5.75 Å². The standard InChI is InChI=1S/C26H30F2N3O10P/c1-14(2)39-23(35)15(3)30-42(37,41-18-9-8-16-6-4-5-7-17(16)12-18)38-13-26(24(27)28)21(34)20(33)22(40-26)31-11-10-19(32)29-25(31)36/h4-12,14-15,20-22,24,33-34H,13H2,1-3H3,(H,30,37)(H,29,32,36)/t15-,20+,21+,22+,26+,42?/m0/s1. The molecule has 1 fully saturated rings. The van der Waals surface area contributed by atoms with Crippen LogP contribution in [0.15, 0.2) is 64.3 Å². The van der Waals surface area contributed by atoms with Crippen LogP contribution in [0.25, 0.3) is 10.8 Å². The molecule has 6 atom stereocenters. The minimum atomic E-state index is -4.73. The molecule has 2 aromatic carbocycles. The molecule has 4 rings (SSSR count). The van der Waals surface area contributed by atoms with E-state index in [2.05, 4.69) is 5.09 Å². The van der Waals surface area contributed by atoms with Gasteiger partial charge >= 0.3 is 19.4 Å². The van der Waals surface area contributed by atoms with Crippen LogP contribution in [0, 0.1) is 0 Å². The number of carbonyl (C=O) groups excluding carboxylic acids is 1. The van der Waals surface area contributed by atoms with E-state index in [4.69, 9.17) is 18.5 Å². The highest BCUT2D eigenvalue weighted by molar-refractivity contribution is 7.52. The lowest BCUT2D eigenvalue weighted by molar-refractivity contribution is -0.192. The number of aliphatic hydroxyl groups is 2. The van der Waals surface area contributed by atoms with Crippen molar-refractivity contribution in [1.82, 2.24) is 14.6 Å². The summed E-state index contributed by atoms with van der Waals surface area (Å²) in [6, 6.07) is 11.3. The Morgan fingerprint density at radius 1 is 1.14 bits per heavy atom. The van der Waals surface area contributed by atoms with Gasteiger partial charge in [-0.1, -0.05) is 30.3 Å². The number of fused-ring (bicyclic) bond motifs is 1. The number of nitrogens with zero attached hydrogens (tertiary/aromatic N) is 1. The van der Waals surface area contributed by atoms with Crippen molar-refractivity contribution in [3.63, 3.8) is 0 Å². The Morgan fingerprint density at radius 3 is 2.48 bits per heavy atom. The van der Waals surface area contributed by atoms with Gasteiger partial charge in [0.15, 0.2) is 11.8 Å². The largest absolute Gasteiger partial charge is 0.462 e. The van der Waals surface area contributed by atoms with Gasteiger partial charge in [-0.15, -0.1) is 0 Å². The summed E-state index contributed by atoms with van der Waals surface area (Å²) < 4.78 is 65.0. The number of aromatic amines is 1. The first-order valence-corrected chi connectivity index (χ1v) is 14.3. The van der Waals surface area contributed by atoms with Gasteiger partial charge in [-0.25, -0.2) is 18.1 Å². The summed E-state index contributed by atoms with van der Waals surface area (Å²) in [7, 11) is -4.73. The third kappa shape index (κ3) is 6.61. The molecule has 42 heavy (non-hydrogen) atoms. The summed E-state index contributed by atoms with van der Waals surface area (Å²) in [6.07, 6.45) is -9.53. The Labute approximate surface area is 237 Å². The molecular formula is C26H30F2N3O10P. The highest BCUT2D eigenvalue weighted by Crippen LogP contribution is 2.49. The predicted molar refractivity (Wildman–Crippen MR) is 144 cm³/mol. The number of hydrogen-bond donors (Lipinski definition) is 4. The molecule has 0 spiro atoms. The van der Waals surface area contributed by atoms with Crippen molar-refractivity contribution in [2.75, 3.05) is 6.61 Å². The van der Waals surface area contributed by atoms with Crippen LogP contribution in [0.3, 0.4) is 0 Å². The molecule has 0 radical (unpaired) electrons. The van der Waals surface area contributed by atoms with E-state index in [1.807, 2.05) is 11.1 Å². The van der Waals surface area contributed by atoms with E-state index in [9.17, 15) is 37.9 Å². The van der Waals surface area contributed by atoms with Crippen molar-refractivity contribution in [2.24, 2.45) is 0 Å². The number of nitrogens with one attached hydrogen (secondary N) is 2. The topological polar surface area (TPSA) is 178 Å². The Balaban J connectivity index is 1.65. The van der Waals surface area contributed by atoms with Crippen molar-refractivity contribution in [2.45, 2.75) is 63.4 Å². The maximum atomic E-state index is 14.5. The first-order valence-electron chi connectivity index (χ1n) is 12.8. The van der Waals surface area contributed by atoms with E-state index in [1.165, 1.54) is 19.1 Å². The van der Waals surface area contributed by atoms with E-state index >= 15 is 0 Å². The molecule has 0 saturated carbocycles. The van der Waals surface area contributed by atoms with Gasteiger partial charge in [-0.2, -0.15) is 5.09 Å². The first-order chi connectivity index (χ1) is 19.7. The molecular weight excluding hydrogens is 583 g/mol. The Morgan fingerprint density at radius 2 is 1.83 bits per heavy atom. The molecule has 1 unspecified atom stereocenters. The maximum Gasteiger partial charge on any atom is 0.459 e. The molecule has 0 aliphatic carbocycles. The molecule has 0 bridgehead atoms. The minimum Gasteiger partial charge on any atom is -0.462 e. The molecule has 4 N–H and O–H groups in total. The summed E-state index contributed by atoms with van der Waals surface area (Å²) in [4.78, 5) is 38.0. The number of halogens is 2. The first kappa shape index (κ1) is 31.5. The molecule has 1 aromatic heterocycles. The Hall–Kier alpha value is -3.46. The fourth-order valence-electron chi connectivity index (χ4n) is 4.28. The second-order valence-corrected chi connectivity index (χ2v) is 11.6. The van der Waals surface area contributed by atoms with Crippen LogP contribution in [0.1, 0.15) is 27.0 Å². The number of benzene rings is 2. The summed E-state index contributed by atoms with van der Waals surface area (Å²) in [5.41, 5.74) is -4.92. The van der Waals surface area contributed by atoms with E-state index in [0.717, 1.165) is 17.6 Å². The van der Waals surface area contributed by atoms with Gasteiger partial charge in [-0.05, 0) is 43.7 Å². The van der Waals surface area contributed by atoms with E-state index in [0.29, 0.717) is 9.95 Å². The lowest BCUT2D eigenvalue weighted by Gasteiger charge is -2.32. The summed E-state index contributed by atoms with van der Waals surface area (Å²) in [6.45, 7) is 3.14. The minimum absolute atomic E-state index is 0.00866. The molecule has 228 valence electrons. The van der Waals surface area contributed by atoms with Crippen LogP contribution in [-0.4, -0.2) is 68.7 Å². The van der Waals surface area contributed by atoms with Gasteiger partial charge in [0.1, 0.15) is 24.0 Å². The van der Waals surface area contributed by atoms with E-state index < -0.39 is 74.2 Å². The zero-order valence-electron chi connectivity index (χ0n) is 22.7. The fraction of sp³-hybridized carbons (Fsp3) is 0.423. The summed E-state index contributed by atoms with van der Waals surface area (Å²) >= 11 is 0. The van der Waals surface area contributed by atoms with Crippen LogP contribution in [0.5, 0.6) is 5.75 Å². The monoisotopic (exact) mass is 613 g/mol. The number of alkyl halides is 2. The Bertz CT molecular complexity index is 1600. The van der Waals surface area contributed by atoms with Crippen LogP contribution < -0.4 is 20.9 Å². The third-order valence-electron chi connectivity index (χ3n) is 6.41. The lowest BCUT2D eigenvalue weighted by atomic mass is 9.96. The van der Waals surface area contributed by atoms with Gasteiger partial charge in [0.05, 0.1) is 12.7 Å². The van der Waals surface area contributed by atoms with Gasteiger partial charge < -0.3 is 24.2 Å². The SMILES string of the molecule is CC(C)OC(=O)[C@H](C)NP(=O)(OC[C@@]1(C(F)F)O[C@@H](n2ccc(=O)[nH]c2=O)[C@H](O)[C@H]1O)Oc1ccc2ccccc2c1. The predicted octanol–water partition coefficient (Wildman–Crippen LogP) is 2.08.